The smallest absolute Gasteiger partial charge is 0.233 e. The summed E-state index contributed by atoms with van der Waals surface area (Å²) in [4.78, 5) is 12.9. The van der Waals surface area contributed by atoms with Gasteiger partial charge in [0.25, 0.3) is 0 Å². The lowest BCUT2D eigenvalue weighted by Crippen LogP contribution is -2.30. The number of aliphatic hydroxyl groups is 1. The number of thioether (sulfide) groups is 1. The topological polar surface area (TPSA) is 49.3 Å². The molecule has 18 heavy (non-hydrogen) atoms. The molecule has 0 unspecified atom stereocenters. The number of rotatable bonds is 3. The number of nitrogens with one attached hydrogen (secondary N) is 1. The second-order valence-corrected chi connectivity index (χ2v) is 5.91. The number of carbonyl (C=O) groups excluding carboxylic acids is 1. The third kappa shape index (κ3) is 3.50. The first-order valence-corrected chi connectivity index (χ1v) is 7.27. The fourth-order valence-electron chi connectivity index (χ4n) is 2.01. The van der Waals surface area contributed by atoms with Gasteiger partial charge in [-0.25, -0.2) is 0 Å². The zero-order chi connectivity index (χ0) is 13.0. The molecule has 0 saturated carbocycles. The minimum atomic E-state index is -0.440. The summed E-state index contributed by atoms with van der Waals surface area (Å²) in [6.07, 6.45) is 2.67. The highest BCUT2D eigenvalue weighted by atomic mass is 32.2. The molecule has 1 aliphatic heterocycles. The van der Waals surface area contributed by atoms with Gasteiger partial charge < -0.3 is 10.4 Å². The van der Waals surface area contributed by atoms with Crippen molar-refractivity contribution in [2.75, 3.05) is 6.54 Å². The SMILES string of the molecule is C[C@@H](O)c1ccc(S[C@@H]2CCCCNC2=O)cc1. The molecule has 2 rings (SSSR count). The van der Waals surface area contributed by atoms with Crippen LogP contribution in [0.3, 0.4) is 0 Å². The molecule has 1 aliphatic rings. The third-order valence-corrected chi connectivity index (χ3v) is 4.40. The Morgan fingerprint density at radius 2 is 2.06 bits per heavy atom. The van der Waals surface area contributed by atoms with Crippen molar-refractivity contribution < 1.29 is 9.90 Å². The first-order chi connectivity index (χ1) is 8.66. The van der Waals surface area contributed by atoms with Crippen LogP contribution in [0.4, 0.5) is 0 Å². The van der Waals surface area contributed by atoms with Crippen LogP contribution in [0.25, 0.3) is 0 Å². The van der Waals surface area contributed by atoms with E-state index in [1.165, 1.54) is 0 Å². The van der Waals surface area contributed by atoms with Crippen molar-refractivity contribution in [3.8, 4) is 0 Å². The predicted octanol–water partition coefficient (Wildman–Crippen LogP) is 2.50. The predicted molar refractivity (Wildman–Crippen MR) is 73.6 cm³/mol. The Kier molecular flexibility index (Phi) is 4.66. The Labute approximate surface area is 112 Å². The van der Waals surface area contributed by atoms with E-state index in [2.05, 4.69) is 5.32 Å². The summed E-state index contributed by atoms with van der Waals surface area (Å²) in [5.74, 6) is 0.150. The van der Waals surface area contributed by atoms with Crippen molar-refractivity contribution in [3.63, 3.8) is 0 Å². The molecule has 0 radical (unpaired) electrons. The Bertz CT molecular complexity index is 403. The molecule has 1 fully saturated rings. The lowest BCUT2D eigenvalue weighted by Gasteiger charge is -2.13. The van der Waals surface area contributed by atoms with Crippen molar-refractivity contribution in [1.29, 1.82) is 0 Å². The normalized spacial score (nSPS) is 22.1. The van der Waals surface area contributed by atoms with E-state index in [0.717, 1.165) is 36.3 Å². The van der Waals surface area contributed by atoms with E-state index in [1.54, 1.807) is 18.7 Å². The maximum Gasteiger partial charge on any atom is 0.233 e. The number of hydrogen-bond donors (Lipinski definition) is 2. The van der Waals surface area contributed by atoms with Crippen LogP contribution in [-0.4, -0.2) is 22.8 Å². The Morgan fingerprint density at radius 1 is 1.33 bits per heavy atom. The van der Waals surface area contributed by atoms with E-state index >= 15 is 0 Å². The van der Waals surface area contributed by atoms with E-state index in [0.29, 0.717) is 0 Å². The minimum Gasteiger partial charge on any atom is -0.389 e. The Hall–Kier alpha value is -1.00. The standard InChI is InChI=1S/C14H19NO2S/c1-10(16)11-5-7-12(8-6-11)18-13-4-2-3-9-15-14(13)17/h5-8,10,13,16H,2-4,9H2,1H3,(H,15,17)/t10-,13-/m1/s1. The molecule has 0 spiro atoms. The van der Waals surface area contributed by atoms with E-state index in [4.69, 9.17) is 0 Å². The van der Waals surface area contributed by atoms with Gasteiger partial charge >= 0.3 is 0 Å². The van der Waals surface area contributed by atoms with Crippen LogP contribution >= 0.6 is 11.8 Å². The van der Waals surface area contributed by atoms with Gasteiger partial charge in [0, 0.05) is 11.4 Å². The maximum absolute atomic E-state index is 11.8. The second-order valence-electron chi connectivity index (χ2n) is 4.64. The fourth-order valence-corrected chi connectivity index (χ4v) is 3.11. The monoisotopic (exact) mass is 265 g/mol. The van der Waals surface area contributed by atoms with Gasteiger partial charge in [0.15, 0.2) is 0 Å². The Balaban J connectivity index is 2.01. The first kappa shape index (κ1) is 13.4. The van der Waals surface area contributed by atoms with E-state index < -0.39 is 6.10 Å². The van der Waals surface area contributed by atoms with Gasteiger partial charge in [-0.05, 0) is 37.5 Å². The Morgan fingerprint density at radius 3 is 2.72 bits per heavy atom. The van der Waals surface area contributed by atoms with Gasteiger partial charge in [0.05, 0.1) is 11.4 Å². The molecule has 0 aliphatic carbocycles. The van der Waals surface area contributed by atoms with Crippen LogP contribution in [0.1, 0.15) is 37.9 Å². The zero-order valence-corrected chi connectivity index (χ0v) is 11.4. The highest BCUT2D eigenvalue weighted by molar-refractivity contribution is 8.00. The molecule has 1 aromatic carbocycles. The largest absolute Gasteiger partial charge is 0.389 e. The summed E-state index contributed by atoms with van der Waals surface area (Å²) < 4.78 is 0. The van der Waals surface area contributed by atoms with Crippen LogP contribution in [-0.2, 0) is 4.79 Å². The third-order valence-electron chi connectivity index (χ3n) is 3.13. The summed E-state index contributed by atoms with van der Waals surface area (Å²) in [5.41, 5.74) is 0.907. The lowest BCUT2D eigenvalue weighted by molar-refractivity contribution is -0.120. The van der Waals surface area contributed by atoms with Gasteiger partial charge in [-0.3, -0.25) is 4.79 Å². The van der Waals surface area contributed by atoms with Crippen molar-refractivity contribution in [2.45, 2.75) is 42.4 Å². The fraction of sp³-hybridized carbons (Fsp3) is 0.500. The number of carbonyl (C=O) groups is 1. The second kappa shape index (κ2) is 6.25. The lowest BCUT2D eigenvalue weighted by atomic mass is 10.1. The molecule has 3 nitrogen and oxygen atoms in total. The number of aliphatic hydroxyl groups excluding tert-OH is 1. The molecular formula is C14H19NO2S. The van der Waals surface area contributed by atoms with E-state index in [1.807, 2.05) is 24.3 Å². The number of amides is 1. The summed E-state index contributed by atoms with van der Waals surface area (Å²) in [5, 5.41) is 12.4. The van der Waals surface area contributed by atoms with Crippen molar-refractivity contribution in [1.82, 2.24) is 5.32 Å². The quantitative estimate of drug-likeness (QED) is 0.883. The summed E-state index contributed by atoms with van der Waals surface area (Å²) in [6.45, 7) is 2.55. The molecule has 2 atom stereocenters. The average Bonchev–Trinajstić information content (AvgIpc) is 2.56. The van der Waals surface area contributed by atoms with Crippen LogP contribution in [0.15, 0.2) is 29.2 Å². The average molecular weight is 265 g/mol. The van der Waals surface area contributed by atoms with Crippen LogP contribution in [0, 0.1) is 0 Å². The summed E-state index contributed by atoms with van der Waals surface area (Å²) in [7, 11) is 0. The molecular weight excluding hydrogens is 246 g/mol. The molecule has 1 saturated heterocycles. The number of hydrogen-bond acceptors (Lipinski definition) is 3. The zero-order valence-electron chi connectivity index (χ0n) is 10.6. The first-order valence-electron chi connectivity index (χ1n) is 6.39. The molecule has 0 bridgehead atoms. The van der Waals surface area contributed by atoms with Gasteiger partial charge in [-0.2, -0.15) is 0 Å². The molecule has 1 aromatic rings. The van der Waals surface area contributed by atoms with E-state index in [9.17, 15) is 9.90 Å². The van der Waals surface area contributed by atoms with Crippen molar-refractivity contribution in [2.24, 2.45) is 0 Å². The van der Waals surface area contributed by atoms with Crippen LogP contribution < -0.4 is 5.32 Å². The molecule has 0 aromatic heterocycles. The van der Waals surface area contributed by atoms with Crippen LogP contribution in [0.2, 0.25) is 0 Å². The molecule has 1 amide bonds. The summed E-state index contributed by atoms with van der Waals surface area (Å²) in [6, 6.07) is 7.79. The molecule has 4 heteroatoms. The highest BCUT2D eigenvalue weighted by Gasteiger charge is 2.21. The van der Waals surface area contributed by atoms with Gasteiger partial charge in [0.2, 0.25) is 5.91 Å². The molecule has 98 valence electrons. The number of benzene rings is 1. The van der Waals surface area contributed by atoms with Gasteiger partial charge in [-0.15, -0.1) is 11.8 Å². The highest BCUT2D eigenvalue weighted by Crippen LogP contribution is 2.29. The van der Waals surface area contributed by atoms with Gasteiger partial charge in [-0.1, -0.05) is 18.6 Å². The summed E-state index contributed by atoms with van der Waals surface area (Å²) >= 11 is 1.61. The van der Waals surface area contributed by atoms with Crippen molar-refractivity contribution >= 4 is 17.7 Å². The van der Waals surface area contributed by atoms with Crippen molar-refractivity contribution in [3.05, 3.63) is 29.8 Å². The molecule has 1 heterocycles. The maximum atomic E-state index is 11.8. The van der Waals surface area contributed by atoms with E-state index in [-0.39, 0.29) is 11.2 Å². The minimum absolute atomic E-state index is 0.0184. The van der Waals surface area contributed by atoms with Gasteiger partial charge in [0.1, 0.15) is 0 Å². The molecule has 2 N–H and O–H groups in total. The van der Waals surface area contributed by atoms with Crippen LogP contribution in [0.5, 0.6) is 0 Å².